The number of rotatable bonds is 5. The summed E-state index contributed by atoms with van der Waals surface area (Å²) in [6, 6.07) is 0.122. The molecule has 0 spiro atoms. The van der Waals surface area contributed by atoms with Gasteiger partial charge in [-0.05, 0) is 26.2 Å². The standard InChI is InChI=1S/C9H16N2O3/c1-6-7(11-9(14)10-6)4-2-3-5-8(12)13/h6-7H,2-5H2,1H3,(H,12,13)(H2,10,11,14)/p-1/t6-,7-/m1/s1. The Labute approximate surface area is 82.9 Å². The summed E-state index contributed by atoms with van der Waals surface area (Å²) >= 11 is 0. The highest BCUT2D eigenvalue weighted by Gasteiger charge is 2.26. The van der Waals surface area contributed by atoms with Gasteiger partial charge in [-0.1, -0.05) is 6.42 Å². The van der Waals surface area contributed by atoms with E-state index in [0.717, 1.165) is 12.8 Å². The van der Waals surface area contributed by atoms with E-state index in [0.29, 0.717) is 6.42 Å². The smallest absolute Gasteiger partial charge is 0.315 e. The largest absolute Gasteiger partial charge is 0.550 e. The van der Waals surface area contributed by atoms with Crippen molar-refractivity contribution in [3.63, 3.8) is 0 Å². The molecule has 0 aromatic rings. The average Bonchev–Trinajstić information content (AvgIpc) is 2.39. The molecule has 2 atom stereocenters. The second-order valence-corrected chi connectivity index (χ2v) is 3.63. The number of nitrogens with one attached hydrogen (secondary N) is 2. The Balaban J connectivity index is 2.12. The number of unbranched alkanes of at least 4 members (excludes halogenated alkanes) is 1. The van der Waals surface area contributed by atoms with Crippen LogP contribution in [-0.4, -0.2) is 24.1 Å². The molecule has 0 aromatic heterocycles. The van der Waals surface area contributed by atoms with Gasteiger partial charge in [0.2, 0.25) is 0 Å². The summed E-state index contributed by atoms with van der Waals surface area (Å²) in [5, 5.41) is 15.6. The van der Waals surface area contributed by atoms with Crippen LogP contribution in [0.5, 0.6) is 0 Å². The van der Waals surface area contributed by atoms with Crippen molar-refractivity contribution in [3.05, 3.63) is 0 Å². The highest BCUT2D eigenvalue weighted by Crippen LogP contribution is 2.10. The molecule has 1 heterocycles. The summed E-state index contributed by atoms with van der Waals surface area (Å²) in [6.45, 7) is 1.93. The number of amides is 2. The molecule has 5 heteroatoms. The molecule has 0 bridgehead atoms. The van der Waals surface area contributed by atoms with Crippen LogP contribution in [0.2, 0.25) is 0 Å². The minimum Gasteiger partial charge on any atom is -0.550 e. The topological polar surface area (TPSA) is 81.3 Å². The number of carboxylic acid groups (broad SMARTS) is 1. The first-order valence-electron chi connectivity index (χ1n) is 4.86. The maximum absolute atomic E-state index is 10.9. The summed E-state index contributed by atoms with van der Waals surface area (Å²) in [6.07, 6.45) is 2.32. The fraction of sp³-hybridized carbons (Fsp3) is 0.778. The van der Waals surface area contributed by atoms with Gasteiger partial charge in [0.25, 0.3) is 0 Å². The van der Waals surface area contributed by atoms with Gasteiger partial charge in [-0.25, -0.2) is 4.79 Å². The van der Waals surface area contributed by atoms with E-state index in [-0.39, 0.29) is 24.5 Å². The summed E-state index contributed by atoms with van der Waals surface area (Å²) < 4.78 is 0. The lowest BCUT2D eigenvalue weighted by Gasteiger charge is -2.13. The Kier molecular flexibility index (Phi) is 3.73. The van der Waals surface area contributed by atoms with Gasteiger partial charge in [0, 0.05) is 12.0 Å². The number of hydrogen-bond acceptors (Lipinski definition) is 3. The molecule has 0 aromatic carbocycles. The van der Waals surface area contributed by atoms with Gasteiger partial charge in [-0.3, -0.25) is 0 Å². The highest BCUT2D eigenvalue weighted by molar-refractivity contribution is 5.77. The van der Waals surface area contributed by atoms with Gasteiger partial charge >= 0.3 is 6.03 Å². The molecule has 5 nitrogen and oxygen atoms in total. The van der Waals surface area contributed by atoms with Crippen LogP contribution in [0.4, 0.5) is 4.79 Å². The predicted molar refractivity (Wildman–Crippen MR) is 48.4 cm³/mol. The monoisotopic (exact) mass is 199 g/mol. The maximum atomic E-state index is 10.9. The molecule has 14 heavy (non-hydrogen) atoms. The van der Waals surface area contributed by atoms with Crippen LogP contribution in [0.25, 0.3) is 0 Å². The van der Waals surface area contributed by atoms with E-state index in [4.69, 9.17) is 0 Å². The quantitative estimate of drug-likeness (QED) is 0.578. The van der Waals surface area contributed by atoms with Crippen LogP contribution in [0.1, 0.15) is 32.6 Å². The van der Waals surface area contributed by atoms with Crippen LogP contribution in [-0.2, 0) is 4.79 Å². The highest BCUT2D eigenvalue weighted by atomic mass is 16.4. The Morgan fingerprint density at radius 3 is 2.64 bits per heavy atom. The zero-order valence-corrected chi connectivity index (χ0v) is 8.21. The molecule has 0 aliphatic carbocycles. The van der Waals surface area contributed by atoms with E-state index in [1.165, 1.54) is 0 Å². The van der Waals surface area contributed by atoms with Crippen LogP contribution >= 0.6 is 0 Å². The lowest BCUT2D eigenvalue weighted by Crippen LogP contribution is -2.30. The van der Waals surface area contributed by atoms with Gasteiger partial charge in [-0.15, -0.1) is 0 Å². The zero-order chi connectivity index (χ0) is 10.6. The van der Waals surface area contributed by atoms with E-state index in [2.05, 4.69) is 10.6 Å². The van der Waals surface area contributed by atoms with Crippen LogP contribution < -0.4 is 15.7 Å². The summed E-state index contributed by atoms with van der Waals surface area (Å²) in [4.78, 5) is 21.0. The predicted octanol–water partition coefficient (Wildman–Crippen LogP) is -0.633. The van der Waals surface area contributed by atoms with Crippen molar-refractivity contribution in [2.75, 3.05) is 0 Å². The number of carboxylic acids is 1. The number of carbonyl (C=O) groups excluding carboxylic acids is 2. The molecular weight excluding hydrogens is 184 g/mol. The molecule has 1 aliphatic heterocycles. The molecule has 1 fully saturated rings. The van der Waals surface area contributed by atoms with Gasteiger partial charge in [0.1, 0.15) is 0 Å². The Hall–Kier alpha value is -1.26. The second-order valence-electron chi connectivity index (χ2n) is 3.63. The fourth-order valence-electron chi connectivity index (χ4n) is 1.60. The minimum absolute atomic E-state index is 0.0997. The molecule has 0 radical (unpaired) electrons. The Morgan fingerprint density at radius 1 is 1.43 bits per heavy atom. The third-order valence-electron chi connectivity index (χ3n) is 2.42. The van der Waals surface area contributed by atoms with E-state index in [9.17, 15) is 14.7 Å². The molecule has 1 saturated heterocycles. The van der Waals surface area contributed by atoms with Crippen molar-refractivity contribution < 1.29 is 14.7 Å². The number of urea groups is 1. The Morgan fingerprint density at radius 2 is 2.14 bits per heavy atom. The first-order valence-corrected chi connectivity index (χ1v) is 4.86. The van der Waals surface area contributed by atoms with Crippen molar-refractivity contribution in [1.82, 2.24) is 10.6 Å². The van der Waals surface area contributed by atoms with Crippen molar-refractivity contribution in [1.29, 1.82) is 0 Å². The maximum Gasteiger partial charge on any atom is 0.315 e. The van der Waals surface area contributed by atoms with Crippen LogP contribution in [0.15, 0.2) is 0 Å². The Bertz CT molecular complexity index is 230. The van der Waals surface area contributed by atoms with Gasteiger partial charge in [0.05, 0.1) is 6.04 Å². The van der Waals surface area contributed by atoms with E-state index >= 15 is 0 Å². The molecular formula is C9H15N2O3-. The van der Waals surface area contributed by atoms with Gasteiger partial charge in [-0.2, -0.15) is 0 Å². The van der Waals surface area contributed by atoms with E-state index in [1.807, 2.05) is 6.92 Å². The molecule has 2 N–H and O–H groups in total. The average molecular weight is 199 g/mol. The van der Waals surface area contributed by atoms with Crippen molar-refractivity contribution in [2.45, 2.75) is 44.7 Å². The molecule has 1 rings (SSSR count). The second kappa shape index (κ2) is 4.83. The first-order chi connectivity index (χ1) is 6.59. The van der Waals surface area contributed by atoms with Crippen molar-refractivity contribution in [2.24, 2.45) is 0 Å². The van der Waals surface area contributed by atoms with E-state index < -0.39 is 5.97 Å². The fourth-order valence-corrected chi connectivity index (χ4v) is 1.60. The molecule has 80 valence electrons. The van der Waals surface area contributed by atoms with Crippen LogP contribution in [0.3, 0.4) is 0 Å². The molecule has 0 saturated carbocycles. The lowest BCUT2D eigenvalue weighted by atomic mass is 10.0. The number of hydrogen-bond donors (Lipinski definition) is 2. The normalized spacial score (nSPS) is 25.6. The minimum atomic E-state index is -1.01. The third-order valence-corrected chi connectivity index (χ3v) is 2.42. The zero-order valence-electron chi connectivity index (χ0n) is 8.21. The first kappa shape index (κ1) is 10.8. The summed E-state index contributed by atoms with van der Waals surface area (Å²) in [7, 11) is 0. The van der Waals surface area contributed by atoms with Crippen LogP contribution in [0, 0.1) is 0 Å². The summed E-state index contributed by atoms with van der Waals surface area (Å²) in [5.41, 5.74) is 0. The molecule has 0 unspecified atom stereocenters. The van der Waals surface area contributed by atoms with Gasteiger partial charge < -0.3 is 20.5 Å². The summed E-state index contributed by atoms with van der Waals surface area (Å²) in [5.74, 6) is -1.01. The van der Waals surface area contributed by atoms with Gasteiger partial charge in [0.15, 0.2) is 0 Å². The van der Waals surface area contributed by atoms with Crippen molar-refractivity contribution >= 4 is 12.0 Å². The molecule has 2 amide bonds. The van der Waals surface area contributed by atoms with Crippen molar-refractivity contribution in [3.8, 4) is 0 Å². The lowest BCUT2D eigenvalue weighted by molar-refractivity contribution is -0.305. The number of aliphatic carboxylic acids is 1. The SMILES string of the molecule is C[C@H]1NC(=O)N[C@@H]1CCCCC(=O)[O-]. The van der Waals surface area contributed by atoms with E-state index in [1.54, 1.807) is 0 Å². The third kappa shape index (κ3) is 3.24. The molecule has 1 aliphatic rings. The number of carbonyl (C=O) groups is 2.